The van der Waals surface area contributed by atoms with Crippen molar-refractivity contribution >= 4 is 11.4 Å². The van der Waals surface area contributed by atoms with Crippen molar-refractivity contribution in [3.05, 3.63) is 36.2 Å². The minimum absolute atomic E-state index is 0.767. The molecule has 0 bridgehead atoms. The highest BCUT2D eigenvalue weighted by Gasteiger charge is 2.28. The Morgan fingerprint density at radius 3 is 3.07 bits per heavy atom. The number of rotatable bonds is 0. The average molecular weight is 201 g/mol. The Bertz CT molecular complexity index is 465. The largest absolute Gasteiger partial charge is 0.461 e. The van der Waals surface area contributed by atoms with E-state index in [9.17, 15) is 0 Å². The van der Waals surface area contributed by atoms with E-state index in [1.165, 1.54) is 0 Å². The molecule has 2 aliphatic rings. The van der Waals surface area contributed by atoms with Gasteiger partial charge in [0.05, 0.1) is 23.6 Å². The number of nitrogens with two attached hydrogens (primary N) is 1. The topological polar surface area (TPSA) is 50.9 Å². The van der Waals surface area contributed by atoms with Crippen LogP contribution < -0.4 is 15.5 Å². The number of fused-ring (bicyclic) bond motifs is 3. The Hall–Kier alpha value is -1.97. The van der Waals surface area contributed by atoms with E-state index in [0.29, 0.717) is 0 Å². The third kappa shape index (κ3) is 1.18. The average Bonchev–Trinajstić information content (AvgIpc) is 2.72. The van der Waals surface area contributed by atoms with E-state index in [2.05, 4.69) is 10.0 Å². The number of ether oxygens (including phenoxy) is 1. The highest BCUT2D eigenvalue weighted by molar-refractivity contribution is 5.96. The standard InChI is InChI=1S/C11H11N3O/c12-13-8-5-9-7-15-11-4-2-1-3-10(11)14(9)6-8/h1-4,7H,5-6,12H2. The maximum atomic E-state index is 5.53. The fourth-order valence-corrected chi connectivity index (χ4v) is 1.99. The van der Waals surface area contributed by atoms with E-state index in [4.69, 9.17) is 10.6 Å². The van der Waals surface area contributed by atoms with Gasteiger partial charge in [0.1, 0.15) is 12.0 Å². The molecule has 0 spiro atoms. The Labute approximate surface area is 87.6 Å². The summed E-state index contributed by atoms with van der Waals surface area (Å²) >= 11 is 0. The summed E-state index contributed by atoms with van der Waals surface area (Å²) < 4.78 is 5.53. The minimum Gasteiger partial charge on any atom is -0.461 e. The summed E-state index contributed by atoms with van der Waals surface area (Å²) in [5.74, 6) is 6.19. The second kappa shape index (κ2) is 3.02. The number of allylic oxidation sites excluding steroid dienone is 1. The van der Waals surface area contributed by atoms with Gasteiger partial charge in [0.2, 0.25) is 0 Å². The molecule has 3 rings (SSSR count). The zero-order valence-electron chi connectivity index (χ0n) is 8.18. The monoisotopic (exact) mass is 201 g/mol. The number of hydrogen-bond acceptors (Lipinski definition) is 4. The van der Waals surface area contributed by atoms with Crippen LogP contribution in [0.4, 0.5) is 5.69 Å². The zero-order valence-corrected chi connectivity index (χ0v) is 8.18. The van der Waals surface area contributed by atoms with E-state index >= 15 is 0 Å². The molecule has 2 N–H and O–H groups in total. The molecule has 2 heterocycles. The van der Waals surface area contributed by atoms with Gasteiger partial charge in [-0.15, -0.1) is 0 Å². The molecule has 0 saturated carbocycles. The predicted octanol–water partition coefficient (Wildman–Crippen LogP) is 1.45. The molecule has 0 amide bonds. The molecule has 1 aromatic carbocycles. The Morgan fingerprint density at radius 2 is 2.20 bits per heavy atom. The van der Waals surface area contributed by atoms with Gasteiger partial charge in [-0.1, -0.05) is 12.1 Å². The lowest BCUT2D eigenvalue weighted by Gasteiger charge is -2.25. The number of hydrogen-bond donors (Lipinski definition) is 1. The molecular weight excluding hydrogens is 190 g/mol. The van der Waals surface area contributed by atoms with E-state index in [1.807, 2.05) is 24.3 Å². The second-order valence-electron chi connectivity index (χ2n) is 3.65. The third-order valence-electron chi connectivity index (χ3n) is 2.73. The maximum Gasteiger partial charge on any atom is 0.150 e. The van der Waals surface area contributed by atoms with Crippen molar-refractivity contribution in [2.45, 2.75) is 6.42 Å². The molecule has 0 aliphatic carbocycles. The van der Waals surface area contributed by atoms with Gasteiger partial charge >= 0.3 is 0 Å². The van der Waals surface area contributed by atoms with Gasteiger partial charge in [0.25, 0.3) is 0 Å². The number of anilines is 1. The molecule has 1 fully saturated rings. The lowest BCUT2D eigenvalue weighted by atomic mass is 10.2. The fourth-order valence-electron chi connectivity index (χ4n) is 1.99. The smallest absolute Gasteiger partial charge is 0.150 e. The van der Waals surface area contributed by atoms with Crippen LogP contribution in [0.2, 0.25) is 0 Å². The number of para-hydroxylation sites is 2. The summed E-state index contributed by atoms with van der Waals surface area (Å²) in [6, 6.07) is 7.97. The molecular formula is C11H11N3O. The predicted molar refractivity (Wildman–Crippen MR) is 58.7 cm³/mol. The molecule has 4 nitrogen and oxygen atoms in total. The van der Waals surface area contributed by atoms with Crippen LogP contribution in [0.1, 0.15) is 6.42 Å². The van der Waals surface area contributed by atoms with Crippen molar-refractivity contribution in [2.75, 3.05) is 11.4 Å². The maximum absolute atomic E-state index is 5.53. The Morgan fingerprint density at radius 1 is 1.33 bits per heavy atom. The number of benzene rings is 1. The first-order valence-electron chi connectivity index (χ1n) is 4.86. The number of hydrazone groups is 1. The first kappa shape index (κ1) is 8.35. The van der Waals surface area contributed by atoms with Gasteiger partial charge in [0.15, 0.2) is 0 Å². The summed E-state index contributed by atoms with van der Waals surface area (Å²) in [6.45, 7) is 0.767. The first-order valence-corrected chi connectivity index (χ1v) is 4.86. The molecule has 15 heavy (non-hydrogen) atoms. The summed E-state index contributed by atoms with van der Waals surface area (Å²) in [4.78, 5) is 2.19. The highest BCUT2D eigenvalue weighted by atomic mass is 16.5. The normalized spacial score (nSPS) is 20.7. The van der Waals surface area contributed by atoms with Crippen LogP contribution >= 0.6 is 0 Å². The summed E-state index contributed by atoms with van der Waals surface area (Å²) in [5.41, 5.74) is 3.20. The highest BCUT2D eigenvalue weighted by Crippen LogP contribution is 2.38. The van der Waals surface area contributed by atoms with Crippen LogP contribution in [-0.4, -0.2) is 12.3 Å². The van der Waals surface area contributed by atoms with Crippen LogP contribution in [-0.2, 0) is 0 Å². The lowest BCUT2D eigenvalue weighted by molar-refractivity contribution is 0.464. The van der Waals surface area contributed by atoms with Crippen molar-refractivity contribution in [3.63, 3.8) is 0 Å². The van der Waals surface area contributed by atoms with Crippen molar-refractivity contribution in [2.24, 2.45) is 10.9 Å². The van der Waals surface area contributed by atoms with Gasteiger partial charge < -0.3 is 15.5 Å². The summed E-state index contributed by atoms with van der Waals surface area (Å²) in [7, 11) is 0. The molecule has 4 heteroatoms. The molecule has 76 valence electrons. The summed E-state index contributed by atoms with van der Waals surface area (Å²) in [5, 5.41) is 3.76. The molecule has 0 unspecified atom stereocenters. The van der Waals surface area contributed by atoms with Gasteiger partial charge in [-0.25, -0.2) is 0 Å². The Balaban J connectivity index is 2.06. The van der Waals surface area contributed by atoms with Crippen LogP contribution in [0.25, 0.3) is 0 Å². The van der Waals surface area contributed by atoms with Crippen LogP contribution in [0, 0.1) is 0 Å². The van der Waals surface area contributed by atoms with E-state index < -0.39 is 0 Å². The van der Waals surface area contributed by atoms with Gasteiger partial charge in [0, 0.05) is 6.42 Å². The van der Waals surface area contributed by atoms with Crippen molar-refractivity contribution < 1.29 is 4.74 Å². The quantitative estimate of drug-likeness (QED) is 0.510. The minimum atomic E-state index is 0.767. The molecule has 0 aromatic heterocycles. The van der Waals surface area contributed by atoms with Gasteiger partial charge in [-0.05, 0) is 12.1 Å². The lowest BCUT2D eigenvalue weighted by Crippen LogP contribution is -2.22. The van der Waals surface area contributed by atoms with Crippen LogP contribution in [0.3, 0.4) is 0 Å². The zero-order chi connectivity index (χ0) is 10.3. The van der Waals surface area contributed by atoms with E-state index in [-0.39, 0.29) is 0 Å². The fraction of sp³-hybridized carbons (Fsp3) is 0.182. The number of nitrogens with zero attached hydrogens (tertiary/aromatic N) is 2. The SMILES string of the molecule is NN=C1CC2=COc3ccccc3N2C1. The van der Waals surface area contributed by atoms with Crippen molar-refractivity contribution in [1.82, 2.24) is 0 Å². The molecule has 0 atom stereocenters. The third-order valence-corrected chi connectivity index (χ3v) is 2.73. The molecule has 1 aromatic rings. The van der Waals surface area contributed by atoms with Crippen molar-refractivity contribution in [1.29, 1.82) is 0 Å². The summed E-state index contributed by atoms with van der Waals surface area (Å²) in [6.07, 6.45) is 2.56. The molecule has 2 aliphatic heterocycles. The van der Waals surface area contributed by atoms with E-state index in [1.54, 1.807) is 6.26 Å². The van der Waals surface area contributed by atoms with Crippen LogP contribution in [0.5, 0.6) is 5.75 Å². The van der Waals surface area contributed by atoms with Gasteiger partial charge in [-0.3, -0.25) is 0 Å². The molecule has 0 radical (unpaired) electrons. The first-order chi connectivity index (χ1) is 7.38. The van der Waals surface area contributed by atoms with Gasteiger partial charge in [-0.2, -0.15) is 5.10 Å². The van der Waals surface area contributed by atoms with Crippen LogP contribution in [0.15, 0.2) is 41.3 Å². The van der Waals surface area contributed by atoms with Crippen molar-refractivity contribution in [3.8, 4) is 5.75 Å². The molecule has 1 saturated heterocycles. The Kier molecular flexibility index (Phi) is 1.68. The van der Waals surface area contributed by atoms with E-state index in [0.717, 1.165) is 35.8 Å². The second-order valence-corrected chi connectivity index (χ2v) is 3.65.